The first-order valence-corrected chi connectivity index (χ1v) is 12.5. The number of aldehydes is 1. The van der Waals surface area contributed by atoms with E-state index in [1.165, 1.54) is 18.5 Å². The predicted molar refractivity (Wildman–Crippen MR) is 129 cm³/mol. The zero-order chi connectivity index (χ0) is 24.6. The maximum atomic E-state index is 12.2. The number of rotatable bonds is 5. The summed E-state index contributed by atoms with van der Waals surface area (Å²) in [6, 6.07) is 12.5. The molecule has 0 atom stereocenters. The molecule has 0 bridgehead atoms. The first-order chi connectivity index (χ1) is 16.3. The van der Waals surface area contributed by atoms with Crippen molar-refractivity contribution in [2.75, 3.05) is 0 Å². The number of para-hydroxylation sites is 1. The quantitative estimate of drug-likeness (QED) is 0.476. The molecule has 0 spiro atoms. The molecule has 1 heterocycles. The summed E-state index contributed by atoms with van der Waals surface area (Å²) in [5.74, 6) is 0.657. The number of hydrogen-bond donors (Lipinski definition) is 3. The van der Waals surface area contributed by atoms with Crippen molar-refractivity contribution in [3.63, 3.8) is 0 Å². The molecule has 0 unspecified atom stereocenters. The standard InChI is InChI=1S/C16H22N2O4S.C8H6N2O/c1-12-2-6-14(7-3-12)17-16(20)18-23(21,22)15-8-4-13(5-9-15)10-11-19;11-8-6-3-1-2-4-7(6)9-5-10-8/h4-5,8-9,11-12,14H,2-3,6-7,10H2,1H3,(H2,17,18,20);1-5H,(H,9,10,11). The fourth-order valence-corrected chi connectivity index (χ4v) is 4.63. The van der Waals surface area contributed by atoms with Gasteiger partial charge in [-0.2, -0.15) is 0 Å². The highest BCUT2D eigenvalue weighted by molar-refractivity contribution is 7.90. The summed E-state index contributed by atoms with van der Waals surface area (Å²) in [6.07, 6.45) is 6.20. The first-order valence-electron chi connectivity index (χ1n) is 11.1. The lowest BCUT2D eigenvalue weighted by Gasteiger charge is -2.26. The van der Waals surface area contributed by atoms with Gasteiger partial charge in [0.05, 0.1) is 22.1 Å². The molecule has 3 N–H and O–H groups in total. The van der Waals surface area contributed by atoms with E-state index >= 15 is 0 Å². The highest BCUT2D eigenvalue weighted by atomic mass is 32.2. The van der Waals surface area contributed by atoms with E-state index in [0.29, 0.717) is 11.3 Å². The van der Waals surface area contributed by atoms with Gasteiger partial charge < -0.3 is 15.1 Å². The largest absolute Gasteiger partial charge is 0.335 e. The van der Waals surface area contributed by atoms with Gasteiger partial charge in [-0.05, 0) is 61.4 Å². The average molecular weight is 485 g/mol. The molecule has 0 saturated heterocycles. The zero-order valence-electron chi connectivity index (χ0n) is 18.9. The van der Waals surface area contributed by atoms with Gasteiger partial charge in [-0.1, -0.05) is 31.2 Å². The zero-order valence-corrected chi connectivity index (χ0v) is 19.7. The second-order valence-corrected chi connectivity index (χ2v) is 9.98. The topological polar surface area (TPSA) is 138 Å². The van der Waals surface area contributed by atoms with Gasteiger partial charge in [0, 0.05) is 12.5 Å². The van der Waals surface area contributed by atoms with E-state index in [9.17, 15) is 22.8 Å². The second kappa shape index (κ2) is 11.6. The van der Waals surface area contributed by atoms with Crippen LogP contribution >= 0.6 is 0 Å². The first kappa shape index (κ1) is 25.1. The molecule has 2 aromatic carbocycles. The van der Waals surface area contributed by atoms with E-state index < -0.39 is 16.1 Å². The number of hydrogen-bond acceptors (Lipinski definition) is 6. The van der Waals surface area contributed by atoms with E-state index in [1.54, 1.807) is 18.2 Å². The molecule has 0 aliphatic heterocycles. The van der Waals surface area contributed by atoms with Crippen LogP contribution in [0.25, 0.3) is 10.9 Å². The van der Waals surface area contributed by atoms with Crippen LogP contribution in [-0.2, 0) is 21.2 Å². The molecular formula is C24H28N4O5S. The van der Waals surface area contributed by atoms with E-state index in [0.717, 1.165) is 43.0 Å². The normalized spacial score (nSPS) is 17.8. The number of aromatic nitrogens is 2. The monoisotopic (exact) mass is 484 g/mol. The number of carbonyl (C=O) groups excluding carboxylic acids is 2. The molecule has 1 aromatic heterocycles. The Morgan fingerprint density at radius 2 is 1.76 bits per heavy atom. The summed E-state index contributed by atoms with van der Waals surface area (Å²) in [6.45, 7) is 2.18. The number of sulfonamides is 1. The van der Waals surface area contributed by atoms with Crippen LogP contribution in [-0.4, -0.2) is 36.7 Å². The number of H-pyrrole nitrogens is 1. The summed E-state index contributed by atoms with van der Waals surface area (Å²) in [5, 5.41) is 3.36. The van der Waals surface area contributed by atoms with E-state index in [4.69, 9.17) is 0 Å². The molecule has 180 valence electrons. The molecule has 3 aromatic rings. The Labute approximate surface area is 198 Å². The molecule has 1 aliphatic carbocycles. The van der Waals surface area contributed by atoms with Gasteiger partial charge in [0.25, 0.3) is 15.6 Å². The molecule has 10 heteroatoms. The van der Waals surface area contributed by atoms with Crippen molar-refractivity contribution in [1.82, 2.24) is 20.0 Å². The predicted octanol–water partition coefficient (Wildman–Crippen LogP) is 2.92. The molecule has 34 heavy (non-hydrogen) atoms. The van der Waals surface area contributed by atoms with Gasteiger partial charge in [-0.3, -0.25) is 4.79 Å². The van der Waals surface area contributed by atoms with Crippen molar-refractivity contribution in [2.45, 2.75) is 50.0 Å². The third-order valence-corrected chi connectivity index (χ3v) is 7.03. The number of amides is 2. The molecule has 1 fully saturated rings. The molecule has 9 nitrogen and oxygen atoms in total. The van der Waals surface area contributed by atoms with E-state index in [-0.39, 0.29) is 22.9 Å². The Hall–Kier alpha value is -3.53. The smallest absolute Gasteiger partial charge is 0.328 e. The SMILES string of the molecule is CC1CCC(NC(=O)NS(=O)(=O)c2ccc(CC=O)cc2)CC1.O=c1[nH]cnc2ccccc12. The molecule has 2 amide bonds. The maximum Gasteiger partial charge on any atom is 0.328 e. The van der Waals surface area contributed by atoms with Gasteiger partial charge in [0.15, 0.2) is 0 Å². The number of aromatic amines is 1. The van der Waals surface area contributed by atoms with Crippen LogP contribution in [0.2, 0.25) is 0 Å². The van der Waals surface area contributed by atoms with Crippen LogP contribution in [0.3, 0.4) is 0 Å². The average Bonchev–Trinajstić information content (AvgIpc) is 2.82. The number of benzene rings is 2. The van der Waals surface area contributed by atoms with Crippen LogP contribution in [0, 0.1) is 5.92 Å². The van der Waals surface area contributed by atoms with Crippen molar-refractivity contribution < 1.29 is 18.0 Å². The third-order valence-electron chi connectivity index (χ3n) is 5.68. The molecule has 1 aliphatic rings. The highest BCUT2D eigenvalue weighted by Gasteiger charge is 2.22. The lowest BCUT2D eigenvalue weighted by Crippen LogP contribution is -2.45. The Kier molecular flexibility index (Phi) is 8.53. The fraction of sp³-hybridized carbons (Fsp3) is 0.333. The number of nitrogens with zero attached hydrogens (tertiary/aromatic N) is 1. The number of fused-ring (bicyclic) bond motifs is 1. The summed E-state index contributed by atoms with van der Waals surface area (Å²) in [5.41, 5.74) is 1.37. The number of carbonyl (C=O) groups is 2. The van der Waals surface area contributed by atoms with Crippen molar-refractivity contribution in [1.29, 1.82) is 0 Å². The Morgan fingerprint density at radius 1 is 1.09 bits per heavy atom. The summed E-state index contributed by atoms with van der Waals surface area (Å²) < 4.78 is 26.4. The minimum atomic E-state index is -3.90. The lowest BCUT2D eigenvalue weighted by molar-refractivity contribution is -0.107. The Morgan fingerprint density at radius 3 is 2.41 bits per heavy atom. The van der Waals surface area contributed by atoms with Crippen molar-refractivity contribution in [3.8, 4) is 0 Å². The fourth-order valence-electron chi connectivity index (χ4n) is 3.72. The van der Waals surface area contributed by atoms with E-state index in [1.807, 2.05) is 22.9 Å². The van der Waals surface area contributed by atoms with Crippen molar-refractivity contribution >= 4 is 33.2 Å². The Balaban J connectivity index is 0.000000243. The van der Waals surface area contributed by atoms with Crippen molar-refractivity contribution in [2.24, 2.45) is 5.92 Å². The van der Waals surface area contributed by atoms with Gasteiger partial charge in [-0.25, -0.2) is 22.9 Å². The lowest BCUT2D eigenvalue weighted by atomic mass is 9.87. The van der Waals surface area contributed by atoms with Gasteiger partial charge in [0.1, 0.15) is 6.29 Å². The minimum absolute atomic E-state index is 0.000402. The second-order valence-electron chi connectivity index (χ2n) is 8.30. The molecule has 1 saturated carbocycles. The summed E-state index contributed by atoms with van der Waals surface area (Å²) in [7, 11) is -3.90. The van der Waals surface area contributed by atoms with Crippen LogP contribution in [0.5, 0.6) is 0 Å². The van der Waals surface area contributed by atoms with Crippen LogP contribution in [0.4, 0.5) is 4.79 Å². The van der Waals surface area contributed by atoms with Crippen LogP contribution in [0.1, 0.15) is 38.2 Å². The van der Waals surface area contributed by atoms with E-state index in [2.05, 4.69) is 22.2 Å². The highest BCUT2D eigenvalue weighted by Crippen LogP contribution is 2.23. The van der Waals surface area contributed by atoms with Gasteiger partial charge >= 0.3 is 6.03 Å². The minimum Gasteiger partial charge on any atom is -0.335 e. The third kappa shape index (κ3) is 6.98. The molecular weight excluding hydrogens is 456 g/mol. The summed E-state index contributed by atoms with van der Waals surface area (Å²) >= 11 is 0. The molecule has 0 radical (unpaired) electrons. The Bertz CT molecular complexity index is 1280. The van der Waals surface area contributed by atoms with Crippen LogP contribution < -0.4 is 15.6 Å². The van der Waals surface area contributed by atoms with Gasteiger partial charge in [0.2, 0.25) is 0 Å². The molecule has 4 rings (SSSR count). The van der Waals surface area contributed by atoms with Crippen molar-refractivity contribution in [3.05, 3.63) is 70.8 Å². The summed E-state index contributed by atoms with van der Waals surface area (Å²) in [4.78, 5) is 39.9. The number of urea groups is 1. The number of nitrogens with one attached hydrogen (secondary N) is 3. The maximum absolute atomic E-state index is 12.2. The van der Waals surface area contributed by atoms with Gasteiger partial charge in [-0.15, -0.1) is 0 Å². The van der Waals surface area contributed by atoms with Crippen LogP contribution in [0.15, 0.2) is 64.5 Å².